The summed E-state index contributed by atoms with van der Waals surface area (Å²) < 4.78 is 4.87. The van der Waals surface area contributed by atoms with Crippen LogP contribution in [0.3, 0.4) is 0 Å². The molecule has 0 spiro atoms. The quantitative estimate of drug-likeness (QED) is 0.556. The predicted molar refractivity (Wildman–Crippen MR) is 49.4 cm³/mol. The number of carbonyl (C=O) groups excluding carboxylic acids is 2. The van der Waals surface area contributed by atoms with E-state index in [0.29, 0.717) is 0 Å². The first kappa shape index (κ1) is 10.8. The van der Waals surface area contributed by atoms with Crippen molar-refractivity contribution in [3.8, 4) is 6.19 Å². The second-order valence-corrected chi connectivity index (χ2v) is 2.80. The van der Waals surface area contributed by atoms with Crippen LogP contribution in [0.15, 0.2) is 22.8 Å². The maximum absolute atomic E-state index is 11.5. The van der Waals surface area contributed by atoms with Crippen LogP contribution < -0.4 is 5.32 Å². The molecule has 1 N–H and O–H groups in total. The number of furan rings is 1. The fourth-order valence-electron chi connectivity index (χ4n) is 0.977. The zero-order valence-corrected chi connectivity index (χ0v) is 8.06. The Balaban J connectivity index is 2.55. The molecule has 0 radical (unpaired) electrons. The zero-order chi connectivity index (χ0) is 11.3. The van der Waals surface area contributed by atoms with Crippen LogP contribution in [-0.4, -0.2) is 30.3 Å². The Bertz CT molecular complexity index is 391. The first-order valence-electron chi connectivity index (χ1n) is 4.12. The van der Waals surface area contributed by atoms with Gasteiger partial charge in [-0.1, -0.05) is 0 Å². The van der Waals surface area contributed by atoms with Crippen LogP contribution in [0.25, 0.3) is 0 Å². The molecule has 0 aromatic carbocycles. The third-order valence-corrected chi connectivity index (χ3v) is 1.65. The molecule has 15 heavy (non-hydrogen) atoms. The summed E-state index contributed by atoms with van der Waals surface area (Å²) in [7, 11) is 1.45. The summed E-state index contributed by atoms with van der Waals surface area (Å²) in [5, 5.41) is 10.1. The third kappa shape index (κ3) is 2.84. The van der Waals surface area contributed by atoms with Gasteiger partial charge in [0, 0.05) is 7.05 Å². The summed E-state index contributed by atoms with van der Waals surface area (Å²) in [6, 6.07) is 3.08. The Morgan fingerprint density at radius 2 is 2.40 bits per heavy atom. The van der Waals surface area contributed by atoms with Gasteiger partial charge in [-0.15, -0.1) is 0 Å². The van der Waals surface area contributed by atoms with E-state index in [1.165, 1.54) is 25.6 Å². The molecule has 1 heterocycles. The number of hydrogen-bond acceptors (Lipinski definition) is 4. The van der Waals surface area contributed by atoms with Gasteiger partial charge in [-0.2, -0.15) is 5.26 Å². The van der Waals surface area contributed by atoms with Gasteiger partial charge in [-0.05, 0) is 12.1 Å². The van der Waals surface area contributed by atoms with E-state index in [2.05, 4.69) is 0 Å². The highest BCUT2D eigenvalue weighted by Crippen LogP contribution is 2.03. The standard InChI is InChI=1S/C9H9N3O3/c1-12(5-8(13)11-6-10)9(14)7-3-2-4-15-7/h2-4H,5H2,1H3,(H,11,13). The Morgan fingerprint density at radius 3 is 2.93 bits per heavy atom. The SMILES string of the molecule is CN(CC(=O)NC#N)C(=O)c1ccco1. The van der Waals surface area contributed by atoms with Gasteiger partial charge in [-0.3, -0.25) is 14.9 Å². The fraction of sp³-hybridized carbons (Fsp3) is 0.222. The molecule has 1 rings (SSSR count). The second kappa shape index (κ2) is 4.81. The first-order valence-corrected chi connectivity index (χ1v) is 4.12. The highest BCUT2D eigenvalue weighted by atomic mass is 16.3. The van der Waals surface area contributed by atoms with E-state index in [1.54, 1.807) is 6.07 Å². The summed E-state index contributed by atoms with van der Waals surface area (Å²) in [6.07, 6.45) is 2.86. The number of nitriles is 1. The molecular formula is C9H9N3O3. The Labute approximate surface area is 86.1 Å². The van der Waals surface area contributed by atoms with Crippen molar-refractivity contribution in [3.05, 3.63) is 24.2 Å². The second-order valence-electron chi connectivity index (χ2n) is 2.80. The lowest BCUT2D eigenvalue weighted by molar-refractivity contribution is -0.120. The number of likely N-dealkylation sites (N-methyl/N-ethyl adjacent to an activating group) is 1. The van der Waals surface area contributed by atoms with Crippen molar-refractivity contribution >= 4 is 11.8 Å². The molecule has 2 amide bonds. The largest absolute Gasteiger partial charge is 0.459 e. The average Bonchev–Trinajstić information content (AvgIpc) is 2.69. The lowest BCUT2D eigenvalue weighted by atomic mass is 10.4. The van der Waals surface area contributed by atoms with Crippen molar-refractivity contribution in [2.75, 3.05) is 13.6 Å². The zero-order valence-electron chi connectivity index (χ0n) is 8.06. The van der Waals surface area contributed by atoms with E-state index in [1.807, 2.05) is 5.32 Å². The highest BCUT2D eigenvalue weighted by molar-refractivity contribution is 5.94. The van der Waals surface area contributed by atoms with Gasteiger partial charge in [-0.25, -0.2) is 0 Å². The van der Waals surface area contributed by atoms with Gasteiger partial charge in [0.25, 0.3) is 11.8 Å². The van der Waals surface area contributed by atoms with Crippen LogP contribution in [0.4, 0.5) is 0 Å². The minimum atomic E-state index is -0.542. The lowest BCUT2D eigenvalue weighted by Gasteiger charge is -2.13. The Kier molecular flexibility index (Phi) is 3.46. The van der Waals surface area contributed by atoms with Gasteiger partial charge in [0.15, 0.2) is 12.0 Å². The minimum Gasteiger partial charge on any atom is -0.459 e. The Hall–Kier alpha value is -2.29. The summed E-state index contributed by atoms with van der Waals surface area (Å²) in [4.78, 5) is 23.6. The molecule has 0 unspecified atom stereocenters. The number of nitrogens with one attached hydrogen (secondary N) is 1. The maximum Gasteiger partial charge on any atom is 0.289 e. The van der Waals surface area contributed by atoms with Crippen LogP contribution in [-0.2, 0) is 4.79 Å². The third-order valence-electron chi connectivity index (χ3n) is 1.65. The van der Waals surface area contributed by atoms with Gasteiger partial charge in [0.2, 0.25) is 0 Å². The topological polar surface area (TPSA) is 86.3 Å². The van der Waals surface area contributed by atoms with E-state index in [4.69, 9.17) is 9.68 Å². The number of carbonyl (C=O) groups is 2. The van der Waals surface area contributed by atoms with Crippen molar-refractivity contribution < 1.29 is 14.0 Å². The monoisotopic (exact) mass is 207 g/mol. The molecule has 0 bridgehead atoms. The smallest absolute Gasteiger partial charge is 0.289 e. The van der Waals surface area contributed by atoms with E-state index in [9.17, 15) is 9.59 Å². The van der Waals surface area contributed by atoms with E-state index in [0.717, 1.165) is 4.90 Å². The molecule has 0 aliphatic heterocycles. The highest BCUT2D eigenvalue weighted by Gasteiger charge is 2.16. The van der Waals surface area contributed by atoms with Crippen LogP contribution in [0.5, 0.6) is 0 Å². The lowest BCUT2D eigenvalue weighted by Crippen LogP contribution is -2.36. The van der Waals surface area contributed by atoms with E-state index in [-0.39, 0.29) is 12.3 Å². The van der Waals surface area contributed by atoms with Crippen molar-refractivity contribution in [1.82, 2.24) is 10.2 Å². The molecule has 0 atom stereocenters. The van der Waals surface area contributed by atoms with Gasteiger partial charge in [0.05, 0.1) is 6.26 Å². The van der Waals surface area contributed by atoms with Crippen LogP contribution in [0, 0.1) is 11.5 Å². The molecule has 1 aromatic rings. The normalized spacial score (nSPS) is 9.07. The number of nitrogens with zero attached hydrogens (tertiary/aromatic N) is 2. The summed E-state index contributed by atoms with van der Waals surface area (Å²) in [5.41, 5.74) is 0. The number of rotatable bonds is 3. The van der Waals surface area contributed by atoms with Gasteiger partial charge in [0.1, 0.15) is 6.54 Å². The molecule has 6 nitrogen and oxygen atoms in total. The molecule has 0 aliphatic carbocycles. The first-order chi connectivity index (χ1) is 7.15. The maximum atomic E-state index is 11.5. The number of hydrogen-bond donors (Lipinski definition) is 1. The van der Waals surface area contributed by atoms with Crippen LogP contribution in [0.2, 0.25) is 0 Å². The molecule has 6 heteroatoms. The molecule has 0 saturated carbocycles. The van der Waals surface area contributed by atoms with Crippen molar-refractivity contribution in [3.63, 3.8) is 0 Å². The van der Waals surface area contributed by atoms with E-state index >= 15 is 0 Å². The number of amides is 2. The van der Waals surface area contributed by atoms with Gasteiger partial charge < -0.3 is 9.32 Å². The molecular weight excluding hydrogens is 198 g/mol. The summed E-state index contributed by atoms with van der Waals surface area (Å²) >= 11 is 0. The predicted octanol–water partition coefficient (Wildman–Crippen LogP) is -0.0511. The van der Waals surface area contributed by atoms with Crippen LogP contribution in [0.1, 0.15) is 10.6 Å². The Morgan fingerprint density at radius 1 is 1.67 bits per heavy atom. The molecule has 78 valence electrons. The van der Waals surface area contributed by atoms with Crippen LogP contribution >= 0.6 is 0 Å². The van der Waals surface area contributed by atoms with Gasteiger partial charge >= 0.3 is 0 Å². The minimum absolute atomic E-state index is 0.155. The molecule has 0 saturated heterocycles. The average molecular weight is 207 g/mol. The van der Waals surface area contributed by atoms with E-state index < -0.39 is 11.8 Å². The fourth-order valence-corrected chi connectivity index (χ4v) is 0.977. The molecule has 1 aromatic heterocycles. The van der Waals surface area contributed by atoms with Crippen molar-refractivity contribution in [2.45, 2.75) is 0 Å². The van der Waals surface area contributed by atoms with Crippen molar-refractivity contribution in [1.29, 1.82) is 5.26 Å². The van der Waals surface area contributed by atoms with Crippen molar-refractivity contribution in [2.24, 2.45) is 0 Å². The summed E-state index contributed by atoms with van der Waals surface area (Å²) in [6.45, 7) is -0.187. The molecule has 0 fully saturated rings. The molecule has 0 aliphatic rings. The summed E-state index contributed by atoms with van der Waals surface area (Å²) in [5.74, 6) is -0.796.